The summed E-state index contributed by atoms with van der Waals surface area (Å²) in [7, 11) is 0. The Balaban J connectivity index is 2.39. The molecule has 1 aliphatic carbocycles. The maximum absolute atomic E-state index is 14.0. The highest BCUT2D eigenvalue weighted by atomic mass is 35.5. The summed E-state index contributed by atoms with van der Waals surface area (Å²) in [4.78, 5) is 28.6. The molecule has 3 rings (SSSR count). The fourth-order valence-electron chi connectivity index (χ4n) is 2.47. The molecule has 0 spiro atoms. The predicted molar refractivity (Wildman–Crippen MR) is 79.9 cm³/mol. The van der Waals surface area contributed by atoms with Gasteiger partial charge in [0.1, 0.15) is 11.2 Å². The second kappa shape index (κ2) is 5.35. The third-order valence-corrected chi connectivity index (χ3v) is 3.98. The summed E-state index contributed by atoms with van der Waals surface area (Å²) >= 11 is 5.80. The topological polar surface area (TPSA) is 61.2 Å². The molecule has 1 saturated carbocycles. The summed E-state index contributed by atoms with van der Waals surface area (Å²) in [6, 6.07) is 0.143. The van der Waals surface area contributed by atoms with Crippen LogP contribution >= 0.6 is 11.6 Å². The minimum Gasteiger partial charge on any atom is -0.462 e. The van der Waals surface area contributed by atoms with Gasteiger partial charge in [-0.2, -0.15) is 0 Å². The Morgan fingerprint density at radius 3 is 2.82 bits per heavy atom. The first-order chi connectivity index (χ1) is 10.5. The highest BCUT2D eigenvalue weighted by Crippen LogP contribution is 2.37. The molecule has 2 aromatic rings. The number of pyridine rings is 2. The predicted octanol–water partition coefficient (Wildman–Crippen LogP) is 3.01. The van der Waals surface area contributed by atoms with Gasteiger partial charge in [0.25, 0.3) is 0 Å². The lowest BCUT2D eigenvalue weighted by molar-refractivity contribution is 0.0524. The van der Waals surface area contributed by atoms with E-state index < -0.39 is 17.2 Å². The zero-order valence-electron chi connectivity index (χ0n) is 12.2. The normalized spacial score (nSPS) is 14.4. The maximum Gasteiger partial charge on any atom is 0.343 e. The van der Waals surface area contributed by atoms with Gasteiger partial charge in [-0.1, -0.05) is 11.6 Å². The van der Waals surface area contributed by atoms with Crippen molar-refractivity contribution in [3.8, 4) is 0 Å². The van der Waals surface area contributed by atoms with Crippen LogP contribution in [0.3, 0.4) is 0 Å². The van der Waals surface area contributed by atoms with Crippen LogP contribution in [-0.2, 0) is 4.74 Å². The van der Waals surface area contributed by atoms with Crippen molar-refractivity contribution in [2.75, 3.05) is 6.61 Å². The van der Waals surface area contributed by atoms with Crippen molar-refractivity contribution < 1.29 is 13.9 Å². The highest BCUT2D eigenvalue weighted by Gasteiger charge is 2.29. The van der Waals surface area contributed by atoms with Crippen molar-refractivity contribution in [2.24, 2.45) is 0 Å². The number of hydrogen-bond acceptors (Lipinski definition) is 4. The summed E-state index contributed by atoms with van der Waals surface area (Å²) < 4.78 is 20.6. The second-order valence-electron chi connectivity index (χ2n) is 5.27. The van der Waals surface area contributed by atoms with Crippen LogP contribution < -0.4 is 5.43 Å². The molecule has 0 N–H and O–H groups in total. The molecule has 7 heteroatoms. The molecule has 116 valence electrons. The Labute approximate surface area is 130 Å². The SMILES string of the molecule is CCOC(=O)c1cn(C2CC2)c2nc(Cl)c(F)c(C)c2c1=O. The Morgan fingerprint density at radius 1 is 1.55 bits per heavy atom. The number of carbonyl (C=O) groups excluding carboxylic acids is 1. The third-order valence-electron chi connectivity index (χ3n) is 3.73. The van der Waals surface area contributed by atoms with Crippen molar-refractivity contribution in [1.29, 1.82) is 0 Å². The number of rotatable bonds is 3. The average molecular weight is 325 g/mol. The summed E-state index contributed by atoms with van der Waals surface area (Å²) in [5.41, 5.74) is -0.274. The van der Waals surface area contributed by atoms with Crippen LogP contribution in [0.25, 0.3) is 11.0 Å². The first-order valence-corrected chi connectivity index (χ1v) is 7.41. The number of fused-ring (bicyclic) bond motifs is 1. The van der Waals surface area contributed by atoms with E-state index in [-0.39, 0.29) is 34.3 Å². The molecule has 0 aliphatic heterocycles. The van der Waals surface area contributed by atoms with E-state index in [0.29, 0.717) is 5.65 Å². The number of ether oxygens (including phenoxy) is 1. The molecule has 0 aromatic carbocycles. The lowest BCUT2D eigenvalue weighted by Gasteiger charge is -2.13. The van der Waals surface area contributed by atoms with Crippen LogP contribution in [0.4, 0.5) is 4.39 Å². The zero-order chi connectivity index (χ0) is 16.0. The monoisotopic (exact) mass is 324 g/mol. The standard InChI is InChI=1S/C15H14ClFN2O3/c1-3-22-15(21)9-6-19(8-4-5-8)14-10(12(9)20)7(2)11(17)13(16)18-14/h6,8H,3-5H2,1-2H3. The van der Waals surface area contributed by atoms with Crippen molar-refractivity contribution in [2.45, 2.75) is 32.7 Å². The van der Waals surface area contributed by atoms with E-state index in [0.717, 1.165) is 12.8 Å². The molecule has 0 atom stereocenters. The van der Waals surface area contributed by atoms with E-state index in [1.54, 1.807) is 11.5 Å². The fraction of sp³-hybridized carbons (Fsp3) is 0.400. The average Bonchev–Trinajstić information content (AvgIpc) is 3.29. The molecule has 0 bridgehead atoms. The van der Waals surface area contributed by atoms with Gasteiger partial charge in [0.2, 0.25) is 5.43 Å². The van der Waals surface area contributed by atoms with Crippen LogP contribution in [0.5, 0.6) is 0 Å². The quantitative estimate of drug-likeness (QED) is 0.643. The fourth-order valence-corrected chi connectivity index (χ4v) is 2.69. The molecule has 1 fully saturated rings. The minimum absolute atomic E-state index is 0.0827. The van der Waals surface area contributed by atoms with Gasteiger partial charge in [-0.15, -0.1) is 0 Å². The Morgan fingerprint density at radius 2 is 2.23 bits per heavy atom. The molecular weight excluding hydrogens is 311 g/mol. The van der Waals surface area contributed by atoms with E-state index >= 15 is 0 Å². The van der Waals surface area contributed by atoms with E-state index in [9.17, 15) is 14.0 Å². The number of esters is 1. The van der Waals surface area contributed by atoms with Gasteiger partial charge < -0.3 is 9.30 Å². The van der Waals surface area contributed by atoms with Crippen molar-refractivity contribution >= 4 is 28.6 Å². The molecule has 2 aromatic heterocycles. The van der Waals surface area contributed by atoms with Crippen LogP contribution in [-0.4, -0.2) is 22.1 Å². The Kier molecular flexibility index (Phi) is 3.64. The lowest BCUT2D eigenvalue weighted by atomic mass is 10.1. The molecular formula is C15H14ClFN2O3. The zero-order valence-corrected chi connectivity index (χ0v) is 12.9. The van der Waals surface area contributed by atoms with Crippen LogP contribution in [0.1, 0.15) is 41.7 Å². The lowest BCUT2D eigenvalue weighted by Crippen LogP contribution is -2.22. The molecule has 22 heavy (non-hydrogen) atoms. The second-order valence-corrected chi connectivity index (χ2v) is 5.63. The van der Waals surface area contributed by atoms with Crippen molar-refractivity contribution in [3.63, 3.8) is 0 Å². The van der Waals surface area contributed by atoms with Crippen LogP contribution in [0.2, 0.25) is 5.15 Å². The van der Waals surface area contributed by atoms with Gasteiger partial charge >= 0.3 is 5.97 Å². The Hall–Kier alpha value is -1.95. The summed E-state index contributed by atoms with van der Waals surface area (Å²) in [5.74, 6) is -1.45. The summed E-state index contributed by atoms with van der Waals surface area (Å²) in [6.45, 7) is 3.27. The van der Waals surface area contributed by atoms with Gasteiger partial charge in [0.15, 0.2) is 11.0 Å². The number of nitrogens with zero attached hydrogens (tertiary/aromatic N) is 2. The Bertz CT molecular complexity index is 843. The summed E-state index contributed by atoms with van der Waals surface area (Å²) in [5, 5.41) is -0.193. The van der Waals surface area contributed by atoms with E-state index in [2.05, 4.69) is 4.98 Å². The van der Waals surface area contributed by atoms with Gasteiger partial charge in [0, 0.05) is 17.8 Å². The van der Waals surface area contributed by atoms with E-state index in [1.165, 1.54) is 13.1 Å². The van der Waals surface area contributed by atoms with Gasteiger partial charge in [0.05, 0.1) is 12.0 Å². The molecule has 0 radical (unpaired) electrons. The molecule has 1 aliphatic rings. The van der Waals surface area contributed by atoms with Gasteiger partial charge in [-0.25, -0.2) is 14.2 Å². The third kappa shape index (κ3) is 2.27. The first-order valence-electron chi connectivity index (χ1n) is 7.03. The van der Waals surface area contributed by atoms with Gasteiger partial charge in [-0.05, 0) is 26.7 Å². The number of carbonyl (C=O) groups is 1. The van der Waals surface area contributed by atoms with E-state index in [4.69, 9.17) is 16.3 Å². The largest absolute Gasteiger partial charge is 0.462 e. The smallest absolute Gasteiger partial charge is 0.343 e. The maximum atomic E-state index is 14.0. The van der Waals surface area contributed by atoms with Crippen molar-refractivity contribution in [3.05, 3.63) is 38.5 Å². The highest BCUT2D eigenvalue weighted by molar-refractivity contribution is 6.30. The van der Waals surface area contributed by atoms with Crippen LogP contribution in [0, 0.1) is 12.7 Å². The van der Waals surface area contributed by atoms with Gasteiger partial charge in [-0.3, -0.25) is 4.79 Å². The number of aromatic nitrogens is 2. The minimum atomic E-state index is -0.741. The molecule has 2 heterocycles. The van der Waals surface area contributed by atoms with Crippen LogP contribution in [0.15, 0.2) is 11.0 Å². The first kappa shape index (κ1) is 15.0. The van der Waals surface area contributed by atoms with Crippen molar-refractivity contribution in [1.82, 2.24) is 9.55 Å². The molecule has 0 saturated heterocycles. The number of halogens is 2. The number of hydrogen-bond donors (Lipinski definition) is 0. The number of aryl methyl sites for hydroxylation is 1. The van der Waals surface area contributed by atoms with E-state index in [1.807, 2.05) is 0 Å². The molecule has 0 unspecified atom stereocenters. The molecule has 0 amide bonds. The summed E-state index contributed by atoms with van der Waals surface area (Å²) in [6.07, 6.45) is 3.27. The molecule has 5 nitrogen and oxygen atoms in total.